The van der Waals surface area contributed by atoms with Crippen molar-refractivity contribution in [3.63, 3.8) is 0 Å². The lowest BCUT2D eigenvalue weighted by molar-refractivity contribution is 1.01. The first-order valence-electron chi connectivity index (χ1n) is 10.6. The highest BCUT2D eigenvalue weighted by molar-refractivity contribution is 6.09. The van der Waals surface area contributed by atoms with E-state index in [0.717, 1.165) is 19.3 Å². The third kappa shape index (κ3) is 2.45. The Balaban J connectivity index is 1.86. The van der Waals surface area contributed by atoms with Crippen molar-refractivity contribution in [3.8, 4) is 11.1 Å². The van der Waals surface area contributed by atoms with Crippen LogP contribution in [0.25, 0.3) is 32.7 Å². The Morgan fingerprint density at radius 1 is 0.655 bits per heavy atom. The standard InChI is InChI=1S/C29H24/c1-18-14-22-8-3-5-12-24(22)28-26(18)16-20-10-7-11-21(20)17-27-19(2)15-23-9-4-6-13-25(23)29(27)28/h3-10,12-15H,11,16-17H2,1-2H3. The summed E-state index contributed by atoms with van der Waals surface area (Å²) in [7, 11) is 0. The highest BCUT2D eigenvalue weighted by Crippen LogP contribution is 2.45. The van der Waals surface area contributed by atoms with Gasteiger partial charge in [-0.3, -0.25) is 0 Å². The van der Waals surface area contributed by atoms with Crippen LogP contribution in [0.5, 0.6) is 0 Å². The Hall–Kier alpha value is -3.12. The van der Waals surface area contributed by atoms with Gasteiger partial charge in [0.2, 0.25) is 0 Å². The maximum atomic E-state index is 2.38. The number of hydrogen-bond donors (Lipinski definition) is 0. The smallest absolute Gasteiger partial charge is 0.00171 e. The van der Waals surface area contributed by atoms with Gasteiger partial charge in [-0.05, 0) is 93.6 Å². The predicted molar refractivity (Wildman–Crippen MR) is 125 cm³/mol. The summed E-state index contributed by atoms with van der Waals surface area (Å²) in [6.07, 6.45) is 7.93. The average Bonchev–Trinajstić information content (AvgIpc) is 3.14. The van der Waals surface area contributed by atoms with Gasteiger partial charge in [0.1, 0.15) is 0 Å². The predicted octanol–water partition coefficient (Wildman–Crippen LogP) is 7.63. The van der Waals surface area contributed by atoms with Gasteiger partial charge in [-0.2, -0.15) is 0 Å². The molecular weight excluding hydrogens is 348 g/mol. The molecule has 0 nitrogen and oxygen atoms in total. The van der Waals surface area contributed by atoms with E-state index in [4.69, 9.17) is 0 Å². The molecule has 140 valence electrons. The molecule has 0 saturated carbocycles. The second-order valence-corrected chi connectivity index (χ2v) is 8.63. The van der Waals surface area contributed by atoms with Crippen LogP contribution in [-0.4, -0.2) is 0 Å². The van der Waals surface area contributed by atoms with E-state index >= 15 is 0 Å². The summed E-state index contributed by atoms with van der Waals surface area (Å²) in [4.78, 5) is 0. The van der Waals surface area contributed by atoms with E-state index < -0.39 is 0 Å². The Kier molecular flexibility index (Phi) is 3.59. The van der Waals surface area contributed by atoms with E-state index in [1.54, 1.807) is 5.57 Å². The first-order valence-corrected chi connectivity index (χ1v) is 10.6. The van der Waals surface area contributed by atoms with Crippen LogP contribution in [0.4, 0.5) is 0 Å². The topological polar surface area (TPSA) is 0 Å². The Morgan fingerprint density at radius 2 is 1.21 bits per heavy atom. The zero-order chi connectivity index (χ0) is 19.5. The van der Waals surface area contributed by atoms with Crippen LogP contribution in [0.2, 0.25) is 0 Å². The fraction of sp³-hybridized carbons (Fsp3) is 0.172. The molecule has 0 heteroatoms. The Morgan fingerprint density at radius 3 is 1.83 bits per heavy atom. The van der Waals surface area contributed by atoms with Crippen molar-refractivity contribution in [3.05, 3.63) is 106 Å². The van der Waals surface area contributed by atoms with Gasteiger partial charge in [-0.15, -0.1) is 0 Å². The van der Waals surface area contributed by atoms with Crippen molar-refractivity contribution in [2.75, 3.05) is 0 Å². The molecule has 0 N–H and O–H groups in total. The molecule has 4 aromatic rings. The van der Waals surface area contributed by atoms with E-state index in [9.17, 15) is 0 Å². The lowest BCUT2D eigenvalue weighted by atomic mass is 9.78. The Bertz CT molecular complexity index is 1380. The molecule has 0 aliphatic heterocycles. The monoisotopic (exact) mass is 372 g/mol. The number of rotatable bonds is 0. The number of benzene rings is 4. The summed E-state index contributed by atoms with van der Waals surface area (Å²) >= 11 is 0. The van der Waals surface area contributed by atoms with Gasteiger partial charge in [0.15, 0.2) is 0 Å². The van der Waals surface area contributed by atoms with Crippen molar-refractivity contribution in [2.45, 2.75) is 33.1 Å². The van der Waals surface area contributed by atoms with Crippen molar-refractivity contribution in [1.82, 2.24) is 0 Å². The molecule has 0 bridgehead atoms. The second-order valence-electron chi connectivity index (χ2n) is 8.63. The fourth-order valence-corrected chi connectivity index (χ4v) is 5.45. The molecule has 4 aromatic carbocycles. The molecule has 2 aliphatic rings. The highest BCUT2D eigenvalue weighted by Gasteiger charge is 2.25. The van der Waals surface area contributed by atoms with Crippen LogP contribution >= 0.6 is 0 Å². The van der Waals surface area contributed by atoms with Gasteiger partial charge in [0.25, 0.3) is 0 Å². The molecule has 0 saturated heterocycles. The van der Waals surface area contributed by atoms with E-state index in [0.29, 0.717) is 0 Å². The lowest BCUT2D eigenvalue weighted by Gasteiger charge is -2.26. The first-order chi connectivity index (χ1) is 14.2. The molecule has 2 aliphatic carbocycles. The number of fused-ring (bicyclic) bond motifs is 7. The van der Waals surface area contributed by atoms with E-state index in [1.807, 2.05) is 0 Å². The summed E-state index contributed by atoms with van der Waals surface area (Å²) in [5, 5.41) is 5.47. The summed E-state index contributed by atoms with van der Waals surface area (Å²) in [6.45, 7) is 4.59. The largest absolute Gasteiger partial charge is 0.0802 e. The number of hydrogen-bond acceptors (Lipinski definition) is 0. The summed E-state index contributed by atoms with van der Waals surface area (Å²) in [6, 6.07) is 22.6. The zero-order valence-corrected chi connectivity index (χ0v) is 17.0. The molecule has 0 atom stereocenters. The van der Waals surface area contributed by atoms with Gasteiger partial charge >= 0.3 is 0 Å². The molecule has 0 heterocycles. The van der Waals surface area contributed by atoms with Crippen LogP contribution < -0.4 is 0 Å². The normalized spacial score (nSPS) is 15.2. The Labute approximate surface area is 172 Å². The maximum Gasteiger partial charge on any atom is -0.00171 e. The van der Waals surface area contributed by atoms with Crippen LogP contribution in [0, 0.1) is 13.8 Å². The quantitative estimate of drug-likeness (QED) is 0.298. The lowest BCUT2D eigenvalue weighted by Crippen LogP contribution is -2.07. The molecule has 0 amide bonds. The summed E-state index contributed by atoms with van der Waals surface area (Å²) < 4.78 is 0. The second kappa shape index (κ2) is 6.19. The van der Waals surface area contributed by atoms with E-state index in [-0.39, 0.29) is 0 Å². The molecule has 0 aromatic heterocycles. The third-order valence-corrected chi connectivity index (χ3v) is 6.90. The fourth-order valence-electron chi connectivity index (χ4n) is 5.45. The van der Waals surface area contributed by atoms with Crippen LogP contribution in [0.15, 0.2) is 84.0 Å². The van der Waals surface area contributed by atoms with Crippen molar-refractivity contribution in [1.29, 1.82) is 0 Å². The first kappa shape index (κ1) is 16.8. The van der Waals surface area contributed by atoms with Crippen LogP contribution in [-0.2, 0) is 12.8 Å². The van der Waals surface area contributed by atoms with Crippen LogP contribution in [0.1, 0.15) is 28.7 Å². The summed E-state index contributed by atoms with van der Waals surface area (Å²) in [5.74, 6) is 0. The minimum absolute atomic E-state index is 1.04. The summed E-state index contributed by atoms with van der Waals surface area (Å²) in [5.41, 5.74) is 11.9. The zero-order valence-electron chi connectivity index (χ0n) is 17.0. The number of aryl methyl sites for hydroxylation is 2. The number of allylic oxidation sites excluding steroid dienone is 4. The minimum Gasteiger partial charge on any atom is -0.0802 e. The molecule has 0 spiro atoms. The van der Waals surface area contributed by atoms with Crippen molar-refractivity contribution >= 4 is 21.5 Å². The highest BCUT2D eigenvalue weighted by atomic mass is 14.3. The van der Waals surface area contributed by atoms with E-state index in [1.165, 1.54) is 60.5 Å². The third-order valence-electron chi connectivity index (χ3n) is 6.90. The van der Waals surface area contributed by atoms with Gasteiger partial charge in [-0.25, -0.2) is 0 Å². The molecule has 0 unspecified atom stereocenters. The van der Waals surface area contributed by atoms with Gasteiger partial charge in [0, 0.05) is 0 Å². The molecule has 0 fully saturated rings. The SMILES string of the molecule is Cc1cc2ccccc2c2c1CC1=C(CC=C1)Cc1c(C)cc3ccccc3c1-2. The minimum atomic E-state index is 1.04. The van der Waals surface area contributed by atoms with Crippen molar-refractivity contribution in [2.24, 2.45) is 0 Å². The van der Waals surface area contributed by atoms with Gasteiger partial charge in [-0.1, -0.05) is 78.4 Å². The van der Waals surface area contributed by atoms with Gasteiger partial charge < -0.3 is 0 Å². The van der Waals surface area contributed by atoms with Crippen molar-refractivity contribution < 1.29 is 0 Å². The van der Waals surface area contributed by atoms with E-state index in [2.05, 4.69) is 86.7 Å². The molecule has 0 radical (unpaired) electrons. The molecule has 6 rings (SSSR count). The molecular formula is C29H24. The average molecular weight is 373 g/mol. The molecule has 29 heavy (non-hydrogen) atoms. The van der Waals surface area contributed by atoms with Gasteiger partial charge in [0.05, 0.1) is 0 Å². The van der Waals surface area contributed by atoms with Crippen LogP contribution in [0.3, 0.4) is 0 Å². The maximum absolute atomic E-state index is 2.38.